The van der Waals surface area contributed by atoms with Crippen molar-refractivity contribution < 1.29 is 0 Å². The van der Waals surface area contributed by atoms with Crippen molar-refractivity contribution in [3.63, 3.8) is 0 Å². The van der Waals surface area contributed by atoms with E-state index in [2.05, 4.69) is 49.8 Å². The van der Waals surface area contributed by atoms with Crippen molar-refractivity contribution in [3.05, 3.63) is 11.9 Å². The van der Waals surface area contributed by atoms with Crippen LogP contribution in [0.2, 0.25) is 0 Å². The highest BCUT2D eigenvalue weighted by Crippen LogP contribution is 2.19. The molecule has 0 N–H and O–H groups in total. The largest absolute Gasteiger partial charge is 0.372 e. The molecule has 0 atom stereocenters. The van der Waals surface area contributed by atoms with Gasteiger partial charge in [-0.1, -0.05) is 0 Å². The summed E-state index contributed by atoms with van der Waals surface area (Å²) in [7, 11) is 0. The molecule has 0 aromatic heterocycles. The van der Waals surface area contributed by atoms with Crippen molar-refractivity contribution in [3.8, 4) is 6.07 Å². The fourth-order valence-corrected chi connectivity index (χ4v) is 1.92. The Labute approximate surface area is 93.0 Å². The zero-order valence-electron chi connectivity index (χ0n) is 10.2. The van der Waals surface area contributed by atoms with Crippen LogP contribution < -0.4 is 0 Å². The Morgan fingerprint density at radius 1 is 1.27 bits per heavy atom. The number of hydrogen-bond acceptors (Lipinski definition) is 3. The van der Waals surface area contributed by atoms with E-state index in [0.717, 1.165) is 18.8 Å². The fraction of sp³-hybridized carbons (Fsp3) is 0.750. The molecule has 84 valence electrons. The summed E-state index contributed by atoms with van der Waals surface area (Å²) in [6.45, 7) is 10.8. The number of hydrogen-bond donors (Lipinski definition) is 0. The van der Waals surface area contributed by atoms with Crippen molar-refractivity contribution in [2.75, 3.05) is 13.1 Å². The van der Waals surface area contributed by atoms with Gasteiger partial charge in [-0.05, 0) is 27.7 Å². The highest BCUT2D eigenvalue weighted by molar-refractivity contribution is 5.11. The Balaban J connectivity index is 2.81. The van der Waals surface area contributed by atoms with Gasteiger partial charge in [0.1, 0.15) is 0 Å². The minimum Gasteiger partial charge on any atom is -0.372 e. The summed E-state index contributed by atoms with van der Waals surface area (Å²) in [5.74, 6) is 0. The lowest BCUT2D eigenvalue weighted by Gasteiger charge is -2.39. The zero-order valence-corrected chi connectivity index (χ0v) is 10.2. The summed E-state index contributed by atoms with van der Waals surface area (Å²) in [6.07, 6.45) is 2.67. The lowest BCUT2D eigenvalue weighted by Crippen LogP contribution is -2.43. The maximum absolute atomic E-state index is 8.81. The Bertz CT molecular complexity index is 273. The van der Waals surface area contributed by atoms with Crippen LogP contribution in [0.3, 0.4) is 0 Å². The molecular formula is C12H21N3. The van der Waals surface area contributed by atoms with Crippen molar-refractivity contribution >= 4 is 0 Å². The summed E-state index contributed by atoms with van der Waals surface area (Å²) in [6, 6.07) is 3.25. The third-order valence-corrected chi connectivity index (χ3v) is 2.83. The highest BCUT2D eigenvalue weighted by Gasteiger charge is 2.20. The predicted molar refractivity (Wildman–Crippen MR) is 62.0 cm³/mol. The monoisotopic (exact) mass is 207 g/mol. The van der Waals surface area contributed by atoms with E-state index >= 15 is 0 Å². The molecule has 15 heavy (non-hydrogen) atoms. The Morgan fingerprint density at radius 3 is 2.40 bits per heavy atom. The maximum atomic E-state index is 8.81. The van der Waals surface area contributed by atoms with Crippen LogP contribution in [0.25, 0.3) is 0 Å². The van der Waals surface area contributed by atoms with Crippen molar-refractivity contribution in [2.24, 2.45) is 0 Å². The topological polar surface area (TPSA) is 30.3 Å². The minimum atomic E-state index is 0.485. The second-order valence-corrected chi connectivity index (χ2v) is 4.57. The van der Waals surface area contributed by atoms with E-state index < -0.39 is 0 Å². The first kappa shape index (κ1) is 11.9. The average Bonchev–Trinajstić information content (AvgIpc) is 2.17. The first-order chi connectivity index (χ1) is 7.06. The van der Waals surface area contributed by atoms with Crippen LogP contribution in [0.15, 0.2) is 11.9 Å². The van der Waals surface area contributed by atoms with Crippen molar-refractivity contribution in [1.82, 2.24) is 9.80 Å². The van der Waals surface area contributed by atoms with Crippen LogP contribution in [0, 0.1) is 11.3 Å². The van der Waals surface area contributed by atoms with E-state index in [1.165, 1.54) is 0 Å². The van der Waals surface area contributed by atoms with Crippen molar-refractivity contribution in [2.45, 2.75) is 46.2 Å². The Morgan fingerprint density at radius 2 is 1.93 bits per heavy atom. The van der Waals surface area contributed by atoms with Crippen LogP contribution in [0.5, 0.6) is 0 Å². The molecule has 0 spiro atoms. The van der Waals surface area contributed by atoms with Crippen LogP contribution in [-0.4, -0.2) is 35.0 Å². The summed E-state index contributed by atoms with van der Waals surface area (Å²) >= 11 is 0. The van der Waals surface area contributed by atoms with Gasteiger partial charge in [-0.3, -0.25) is 0 Å². The smallest absolute Gasteiger partial charge is 0.0766 e. The van der Waals surface area contributed by atoms with Gasteiger partial charge in [0.2, 0.25) is 0 Å². The molecule has 0 fully saturated rings. The van der Waals surface area contributed by atoms with E-state index in [1.54, 1.807) is 0 Å². The van der Waals surface area contributed by atoms with Crippen molar-refractivity contribution in [1.29, 1.82) is 5.26 Å². The number of nitriles is 1. The predicted octanol–water partition coefficient (Wildman–Crippen LogP) is 2.18. The van der Waals surface area contributed by atoms with Crippen LogP contribution in [-0.2, 0) is 0 Å². The molecule has 3 nitrogen and oxygen atoms in total. The third kappa shape index (κ3) is 2.89. The van der Waals surface area contributed by atoms with Gasteiger partial charge in [-0.25, -0.2) is 0 Å². The molecule has 1 aliphatic heterocycles. The molecule has 0 aromatic rings. The first-order valence-corrected chi connectivity index (χ1v) is 5.66. The van der Waals surface area contributed by atoms with Crippen LogP contribution >= 0.6 is 0 Å². The standard InChI is InChI=1S/C12H21N3/c1-10(2)14-7-8-15(11(3)4)12(9-14)5-6-13/h9-11H,5,7-8H2,1-4H3. The summed E-state index contributed by atoms with van der Waals surface area (Å²) < 4.78 is 0. The molecule has 0 amide bonds. The van der Waals surface area contributed by atoms with Gasteiger partial charge in [0.05, 0.1) is 12.5 Å². The lowest BCUT2D eigenvalue weighted by atomic mass is 10.1. The quantitative estimate of drug-likeness (QED) is 0.710. The summed E-state index contributed by atoms with van der Waals surface area (Å²) in [4.78, 5) is 4.63. The normalized spacial score (nSPS) is 17.0. The van der Waals surface area contributed by atoms with Gasteiger partial charge in [0.15, 0.2) is 0 Å². The molecule has 3 heteroatoms. The first-order valence-electron chi connectivity index (χ1n) is 5.66. The molecule has 0 bridgehead atoms. The van der Waals surface area contributed by atoms with Crippen LogP contribution in [0.1, 0.15) is 34.1 Å². The van der Waals surface area contributed by atoms with Crippen LogP contribution in [0.4, 0.5) is 0 Å². The van der Waals surface area contributed by atoms with E-state index in [-0.39, 0.29) is 0 Å². The lowest BCUT2D eigenvalue weighted by molar-refractivity contribution is 0.185. The fourth-order valence-electron chi connectivity index (χ4n) is 1.92. The molecule has 0 aromatic carbocycles. The van der Waals surface area contributed by atoms with E-state index in [9.17, 15) is 0 Å². The Hall–Kier alpha value is -1.17. The van der Waals surface area contributed by atoms with E-state index in [0.29, 0.717) is 18.5 Å². The molecule has 1 heterocycles. The van der Waals surface area contributed by atoms with Gasteiger partial charge in [-0.15, -0.1) is 0 Å². The second kappa shape index (κ2) is 5.06. The average molecular weight is 207 g/mol. The van der Waals surface area contributed by atoms with Gasteiger partial charge in [0.25, 0.3) is 0 Å². The van der Waals surface area contributed by atoms with Gasteiger partial charge in [0, 0.05) is 37.1 Å². The SMILES string of the molecule is CC(C)N1C=C(CC#N)N(C(C)C)CC1. The zero-order chi connectivity index (χ0) is 11.4. The minimum absolute atomic E-state index is 0.485. The molecule has 0 saturated carbocycles. The van der Waals surface area contributed by atoms with Gasteiger partial charge >= 0.3 is 0 Å². The molecule has 0 unspecified atom stereocenters. The molecule has 1 rings (SSSR count). The van der Waals surface area contributed by atoms with E-state index in [4.69, 9.17) is 5.26 Å². The molecule has 0 aliphatic carbocycles. The molecule has 0 saturated heterocycles. The Kier molecular flexibility index (Phi) is 4.02. The summed E-state index contributed by atoms with van der Waals surface area (Å²) in [5.41, 5.74) is 1.16. The molecular weight excluding hydrogens is 186 g/mol. The number of rotatable bonds is 3. The number of allylic oxidation sites excluding steroid dienone is 1. The highest BCUT2D eigenvalue weighted by atomic mass is 15.3. The maximum Gasteiger partial charge on any atom is 0.0766 e. The third-order valence-electron chi connectivity index (χ3n) is 2.83. The molecule has 0 radical (unpaired) electrons. The van der Waals surface area contributed by atoms with Gasteiger partial charge < -0.3 is 9.80 Å². The summed E-state index contributed by atoms with van der Waals surface area (Å²) in [5, 5.41) is 8.81. The molecule has 1 aliphatic rings. The number of nitrogens with zero attached hydrogens (tertiary/aromatic N) is 3. The van der Waals surface area contributed by atoms with E-state index in [1.807, 2.05) is 0 Å². The van der Waals surface area contributed by atoms with Gasteiger partial charge in [-0.2, -0.15) is 5.26 Å². The second-order valence-electron chi connectivity index (χ2n) is 4.57.